The van der Waals surface area contributed by atoms with Gasteiger partial charge in [0.2, 0.25) is 0 Å². The van der Waals surface area contributed by atoms with E-state index >= 15 is 0 Å². The zero-order valence-corrected chi connectivity index (χ0v) is 10.9. The number of nitrogens with zero attached hydrogens (tertiary/aromatic N) is 1. The Hall–Kier alpha value is -1.05. The monoisotopic (exact) mass is 296 g/mol. The van der Waals surface area contributed by atoms with Gasteiger partial charge in [0.15, 0.2) is 5.82 Å². The van der Waals surface area contributed by atoms with Crippen LogP contribution in [0.3, 0.4) is 0 Å². The van der Waals surface area contributed by atoms with E-state index in [-0.39, 0.29) is 6.54 Å². The van der Waals surface area contributed by atoms with Crippen LogP contribution < -0.4 is 4.31 Å². The van der Waals surface area contributed by atoms with Crippen molar-refractivity contribution in [1.82, 2.24) is 0 Å². The molecule has 0 aliphatic rings. The Kier molecular flexibility index (Phi) is 5.18. The Morgan fingerprint density at radius 3 is 2.56 bits per heavy atom. The van der Waals surface area contributed by atoms with Crippen molar-refractivity contribution >= 4 is 33.8 Å². The van der Waals surface area contributed by atoms with Crippen LogP contribution >= 0.6 is 11.6 Å². The Labute approximate surface area is 110 Å². The molecule has 4 nitrogen and oxygen atoms in total. The number of benzene rings is 1. The molecule has 0 saturated heterocycles. The summed E-state index contributed by atoms with van der Waals surface area (Å²) in [6.45, 7) is 1.70. The molecule has 1 aromatic rings. The molecule has 0 bridgehead atoms. The van der Waals surface area contributed by atoms with Gasteiger partial charge in [0.05, 0.1) is 5.69 Å². The highest BCUT2D eigenvalue weighted by Crippen LogP contribution is 2.26. The molecule has 1 rings (SSSR count). The summed E-state index contributed by atoms with van der Waals surface area (Å²) in [4.78, 5) is 10.9. The standard InChI is InChI=1S/C10H10ClF2NO3S/c1-2-5-14(18(16)17)7-4-3-6(12)8(9(7)13)10(11)15/h3-4H,2,5H2,1H3,(H,16,17)/p-1. The maximum Gasteiger partial charge on any atom is 0.258 e. The van der Waals surface area contributed by atoms with Gasteiger partial charge in [0, 0.05) is 17.8 Å². The van der Waals surface area contributed by atoms with Gasteiger partial charge in [-0.05, 0) is 30.2 Å². The van der Waals surface area contributed by atoms with Crippen LogP contribution in [-0.2, 0) is 11.3 Å². The predicted molar refractivity (Wildman–Crippen MR) is 63.1 cm³/mol. The first kappa shape index (κ1) is 15.0. The van der Waals surface area contributed by atoms with E-state index in [0.717, 1.165) is 12.1 Å². The first-order chi connectivity index (χ1) is 8.40. The lowest BCUT2D eigenvalue weighted by atomic mass is 10.2. The van der Waals surface area contributed by atoms with Crippen molar-refractivity contribution in [2.24, 2.45) is 0 Å². The number of rotatable bonds is 5. The fourth-order valence-corrected chi connectivity index (χ4v) is 2.20. The maximum atomic E-state index is 13.9. The maximum absolute atomic E-state index is 13.9. The molecule has 0 N–H and O–H groups in total. The van der Waals surface area contributed by atoms with Crippen molar-refractivity contribution in [3.05, 3.63) is 29.3 Å². The minimum Gasteiger partial charge on any atom is -0.755 e. The number of anilines is 1. The van der Waals surface area contributed by atoms with Gasteiger partial charge in [-0.3, -0.25) is 13.3 Å². The third-order valence-corrected chi connectivity index (χ3v) is 3.07. The fraction of sp³-hybridized carbons (Fsp3) is 0.300. The third-order valence-electron chi connectivity index (χ3n) is 2.14. The van der Waals surface area contributed by atoms with Gasteiger partial charge in [-0.1, -0.05) is 6.92 Å². The van der Waals surface area contributed by atoms with Gasteiger partial charge >= 0.3 is 0 Å². The quantitative estimate of drug-likeness (QED) is 0.619. The van der Waals surface area contributed by atoms with Crippen LogP contribution in [0, 0.1) is 11.6 Å². The summed E-state index contributed by atoms with van der Waals surface area (Å²) in [6.07, 6.45) is 0.426. The lowest BCUT2D eigenvalue weighted by Crippen LogP contribution is -2.27. The van der Waals surface area contributed by atoms with Crippen molar-refractivity contribution in [1.29, 1.82) is 0 Å². The molecule has 1 aromatic carbocycles. The van der Waals surface area contributed by atoms with Gasteiger partial charge in [-0.25, -0.2) is 8.78 Å². The Balaban J connectivity index is 3.37. The molecule has 0 aliphatic carbocycles. The third kappa shape index (κ3) is 3.04. The number of carbonyl (C=O) groups excluding carboxylic acids is 1. The SMILES string of the molecule is CCCN(c1ccc(F)c(C(=O)Cl)c1F)S(=O)[O-]. The molecule has 18 heavy (non-hydrogen) atoms. The van der Waals surface area contributed by atoms with Crippen molar-refractivity contribution in [2.75, 3.05) is 10.8 Å². The molecule has 1 unspecified atom stereocenters. The van der Waals surface area contributed by atoms with E-state index in [9.17, 15) is 22.3 Å². The number of halogens is 3. The molecule has 0 radical (unpaired) electrons. The molecule has 0 saturated carbocycles. The topological polar surface area (TPSA) is 60.4 Å². The van der Waals surface area contributed by atoms with E-state index in [2.05, 4.69) is 0 Å². The molecule has 0 aromatic heterocycles. The Bertz CT molecular complexity index is 498. The van der Waals surface area contributed by atoms with Crippen LogP contribution in [0.2, 0.25) is 0 Å². The van der Waals surface area contributed by atoms with E-state index in [4.69, 9.17) is 11.6 Å². The zero-order chi connectivity index (χ0) is 13.9. The Morgan fingerprint density at radius 2 is 2.11 bits per heavy atom. The van der Waals surface area contributed by atoms with Crippen LogP contribution in [0.5, 0.6) is 0 Å². The smallest absolute Gasteiger partial charge is 0.258 e. The van der Waals surface area contributed by atoms with Gasteiger partial charge in [-0.15, -0.1) is 0 Å². The molecule has 1 atom stereocenters. The highest BCUT2D eigenvalue weighted by molar-refractivity contribution is 7.80. The number of carbonyl (C=O) groups is 1. The Morgan fingerprint density at radius 1 is 1.50 bits per heavy atom. The van der Waals surface area contributed by atoms with E-state index < -0.39 is 39.4 Å². The first-order valence-corrected chi connectivity index (χ1v) is 6.35. The zero-order valence-electron chi connectivity index (χ0n) is 9.28. The fourth-order valence-electron chi connectivity index (χ4n) is 1.39. The number of hydrogen-bond acceptors (Lipinski definition) is 3. The normalized spacial score (nSPS) is 12.3. The second-order valence-electron chi connectivity index (χ2n) is 3.35. The van der Waals surface area contributed by atoms with Crippen molar-refractivity contribution in [2.45, 2.75) is 13.3 Å². The van der Waals surface area contributed by atoms with Gasteiger partial charge < -0.3 is 4.55 Å². The summed E-state index contributed by atoms with van der Waals surface area (Å²) < 4.78 is 49.7. The summed E-state index contributed by atoms with van der Waals surface area (Å²) in [5.41, 5.74) is -1.36. The molecular formula is C10H9ClF2NO3S-. The average Bonchev–Trinajstić information content (AvgIpc) is 2.26. The van der Waals surface area contributed by atoms with Crippen molar-refractivity contribution < 1.29 is 22.3 Å². The second-order valence-corrected chi connectivity index (χ2v) is 4.57. The molecular weight excluding hydrogens is 288 g/mol. The van der Waals surface area contributed by atoms with E-state index in [1.807, 2.05) is 0 Å². The van der Waals surface area contributed by atoms with Crippen molar-refractivity contribution in [3.63, 3.8) is 0 Å². The summed E-state index contributed by atoms with van der Waals surface area (Å²) in [5.74, 6) is -2.42. The second kappa shape index (κ2) is 6.21. The van der Waals surface area contributed by atoms with Gasteiger partial charge in [-0.2, -0.15) is 0 Å². The highest BCUT2D eigenvalue weighted by atomic mass is 35.5. The van der Waals surface area contributed by atoms with Gasteiger partial charge in [0.25, 0.3) is 5.24 Å². The lowest BCUT2D eigenvalue weighted by Gasteiger charge is -2.26. The first-order valence-electron chi connectivity index (χ1n) is 4.94. The largest absolute Gasteiger partial charge is 0.755 e. The van der Waals surface area contributed by atoms with Crippen LogP contribution in [-0.4, -0.2) is 20.5 Å². The lowest BCUT2D eigenvalue weighted by molar-refractivity contribution is 0.107. The molecule has 0 amide bonds. The minimum atomic E-state index is -2.73. The average molecular weight is 297 g/mol. The summed E-state index contributed by atoms with van der Waals surface area (Å²) >= 11 is 2.33. The van der Waals surface area contributed by atoms with Crippen LogP contribution in [0.1, 0.15) is 23.7 Å². The van der Waals surface area contributed by atoms with Crippen LogP contribution in [0.15, 0.2) is 12.1 Å². The molecule has 0 aliphatic heterocycles. The number of hydrogen-bond donors (Lipinski definition) is 0. The summed E-state index contributed by atoms with van der Waals surface area (Å²) in [6, 6.07) is 1.74. The van der Waals surface area contributed by atoms with Gasteiger partial charge in [0.1, 0.15) is 11.4 Å². The van der Waals surface area contributed by atoms with E-state index in [0.29, 0.717) is 10.7 Å². The van der Waals surface area contributed by atoms with Crippen molar-refractivity contribution in [3.8, 4) is 0 Å². The molecule has 0 heterocycles. The van der Waals surface area contributed by atoms with Crippen LogP contribution in [0.25, 0.3) is 0 Å². The van der Waals surface area contributed by atoms with Crippen LogP contribution in [0.4, 0.5) is 14.5 Å². The molecule has 8 heteroatoms. The summed E-state index contributed by atoms with van der Waals surface area (Å²) in [5, 5.41) is -1.32. The van der Waals surface area contributed by atoms with E-state index in [1.165, 1.54) is 0 Å². The van der Waals surface area contributed by atoms with E-state index in [1.54, 1.807) is 6.92 Å². The summed E-state index contributed by atoms with van der Waals surface area (Å²) in [7, 11) is 0. The molecule has 100 valence electrons. The predicted octanol–water partition coefficient (Wildman–Crippen LogP) is 2.35. The minimum absolute atomic E-state index is 0.00851. The molecule has 0 spiro atoms. The molecule has 0 fully saturated rings. The highest BCUT2D eigenvalue weighted by Gasteiger charge is 2.22.